The molecule has 31 heavy (non-hydrogen) atoms. The van der Waals surface area contributed by atoms with Gasteiger partial charge in [-0.25, -0.2) is 4.39 Å². The molecular weight excluding hydrogens is 414 g/mol. The third kappa shape index (κ3) is 4.16. The van der Waals surface area contributed by atoms with Crippen molar-refractivity contribution in [3.05, 3.63) is 82.5 Å². The Kier molecular flexibility index (Phi) is 5.26. The van der Waals surface area contributed by atoms with Crippen molar-refractivity contribution in [2.75, 3.05) is 5.32 Å². The first-order chi connectivity index (χ1) is 14.7. The number of hydrogen-bond donors (Lipinski definition) is 1. The van der Waals surface area contributed by atoms with E-state index in [4.69, 9.17) is 0 Å². The summed E-state index contributed by atoms with van der Waals surface area (Å²) in [5, 5.41) is 2.44. The molecule has 2 heterocycles. The molecule has 1 N–H and O–H groups in total. The van der Waals surface area contributed by atoms with Gasteiger partial charge in [-0.15, -0.1) is 0 Å². The summed E-state index contributed by atoms with van der Waals surface area (Å²) < 4.78 is 55.3. The van der Waals surface area contributed by atoms with E-state index in [0.29, 0.717) is 16.6 Å². The van der Waals surface area contributed by atoms with Gasteiger partial charge < -0.3 is 14.3 Å². The number of amides is 1. The molecule has 1 amide bonds. The Bertz CT molecular complexity index is 1340. The summed E-state index contributed by atoms with van der Waals surface area (Å²) in [6.45, 7) is 0.149. The van der Waals surface area contributed by atoms with Crippen molar-refractivity contribution in [1.29, 1.82) is 0 Å². The van der Waals surface area contributed by atoms with E-state index >= 15 is 0 Å². The van der Waals surface area contributed by atoms with Gasteiger partial charge in [0.05, 0.1) is 16.6 Å². The molecule has 2 aromatic carbocycles. The average molecular weight is 431 g/mol. The van der Waals surface area contributed by atoms with Crippen LogP contribution in [0.2, 0.25) is 0 Å². The zero-order valence-corrected chi connectivity index (χ0v) is 16.1. The van der Waals surface area contributed by atoms with Crippen molar-refractivity contribution >= 4 is 28.1 Å². The normalized spacial score (nSPS) is 11.9. The summed E-state index contributed by atoms with van der Waals surface area (Å²) >= 11 is 0. The number of hydrogen-bond acceptors (Lipinski definition) is 2. The van der Waals surface area contributed by atoms with Gasteiger partial charge >= 0.3 is 6.18 Å². The minimum absolute atomic E-state index is 0.0221. The number of halogens is 4. The van der Waals surface area contributed by atoms with E-state index in [9.17, 15) is 27.2 Å². The van der Waals surface area contributed by atoms with Crippen LogP contribution in [0.4, 0.5) is 23.2 Å². The largest absolute Gasteiger partial charge is 0.416 e. The highest BCUT2D eigenvalue weighted by Gasteiger charge is 2.30. The van der Waals surface area contributed by atoms with E-state index in [1.807, 2.05) is 0 Å². The first-order valence-corrected chi connectivity index (χ1v) is 9.50. The molecule has 5 nitrogen and oxygen atoms in total. The lowest BCUT2D eigenvalue weighted by molar-refractivity contribution is -0.137. The lowest BCUT2D eigenvalue weighted by atomic mass is 10.2. The van der Waals surface area contributed by atoms with Crippen molar-refractivity contribution in [2.24, 2.45) is 0 Å². The molecule has 0 aliphatic carbocycles. The van der Waals surface area contributed by atoms with Crippen LogP contribution in [0.25, 0.3) is 16.6 Å². The smallest absolute Gasteiger partial charge is 0.326 e. The lowest BCUT2D eigenvalue weighted by Crippen LogP contribution is -2.23. The molecule has 0 radical (unpaired) electrons. The molecule has 0 fully saturated rings. The maximum absolute atomic E-state index is 13.8. The molecule has 0 saturated heterocycles. The molecule has 0 unspecified atom stereocenters. The van der Waals surface area contributed by atoms with Gasteiger partial charge in [0.25, 0.3) is 5.56 Å². The molecule has 9 heteroatoms. The number of aromatic nitrogens is 2. The first-order valence-electron chi connectivity index (χ1n) is 9.50. The topological polar surface area (TPSA) is 55.5 Å². The zero-order chi connectivity index (χ0) is 22.2. The fraction of sp³-hybridized carbons (Fsp3) is 0.182. The van der Waals surface area contributed by atoms with Crippen LogP contribution in [0.15, 0.2) is 65.6 Å². The number of nitrogens with one attached hydrogen (secondary N) is 1. The van der Waals surface area contributed by atoms with Crippen molar-refractivity contribution in [3.63, 3.8) is 0 Å². The predicted molar refractivity (Wildman–Crippen MR) is 108 cm³/mol. The molecule has 0 saturated carbocycles. The summed E-state index contributed by atoms with van der Waals surface area (Å²) in [5.74, 6) is -0.971. The lowest BCUT2D eigenvalue weighted by Gasteiger charge is -2.13. The molecular formula is C22H17F4N3O2. The zero-order valence-electron chi connectivity index (χ0n) is 16.1. The summed E-state index contributed by atoms with van der Waals surface area (Å²) in [6.07, 6.45) is -2.57. The Morgan fingerprint density at radius 2 is 1.77 bits per heavy atom. The maximum Gasteiger partial charge on any atom is 0.416 e. The number of rotatable bonds is 5. The first kappa shape index (κ1) is 20.6. The molecule has 2 aromatic heterocycles. The number of carbonyl (C=O) groups excluding carboxylic acids is 1. The predicted octanol–water partition coefficient (Wildman–Crippen LogP) is 4.83. The molecule has 0 bridgehead atoms. The van der Waals surface area contributed by atoms with Crippen LogP contribution in [0, 0.1) is 5.82 Å². The van der Waals surface area contributed by atoms with Gasteiger partial charge in [-0.3, -0.25) is 9.59 Å². The van der Waals surface area contributed by atoms with Crippen molar-refractivity contribution in [2.45, 2.75) is 25.6 Å². The van der Waals surface area contributed by atoms with Crippen molar-refractivity contribution in [3.8, 4) is 0 Å². The van der Waals surface area contributed by atoms with Crippen molar-refractivity contribution in [1.82, 2.24) is 8.97 Å². The van der Waals surface area contributed by atoms with Crippen molar-refractivity contribution < 1.29 is 22.4 Å². The third-order valence-electron chi connectivity index (χ3n) is 4.96. The SMILES string of the molecule is O=C(CCCn1c(=O)c2cccn2c2ccc(F)cc21)Nc1cccc(C(F)(F)F)c1. The number of benzene rings is 2. The number of carbonyl (C=O) groups is 1. The Labute approximate surface area is 173 Å². The molecule has 0 spiro atoms. The van der Waals surface area contributed by atoms with E-state index in [1.165, 1.54) is 28.8 Å². The van der Waals surface area contributed by atoms with E-state index in [0.717, 1.165) is 12.1 Å². The van der Waals surface area contributed by atoms with E-state index in [1.54, 1.807) is 28.8 Å². The second-order valence-corrected chi connectivity index (χ2v) is 7.08. The van der Waals surface area contributed by atoms with Gasteiger partial charge in [-0.2, -0.15) is 13.2 Å². The van der Waals surface area contributed by atoms with Crippen LogP contribution >= 0.6 is 0 Å². The highest BCUT2D eigenvalue weighted by atomic mass is 19.4. The molecule has 160 valence electrons. The molecule has 0 atom stereocenters. The Hall–Kier alpha value is -3.62. The van der Waals surface area contributed by atoms with Crippen LogP contribution in [-0.2, 0) is 17.5 Å². The minimum atomic E-state index is -4.50. The summed E-state index contributed by atoms with van der Waals surface area (Å²) in [6, 6.07) is 11.9. The van der Waals surface area contributed by atoms with Crippen LogP contribution in [-0.4, -0.2) is 14.9 Å². The Morgan fingerprint density at radius 3 is 2.55 bits per heavy atom. The monoisotopic (exact) mass is 431 g/mol. The second kappa shape index (κ2) is 7.90. The molecule has 4 rings (SSSR count). The summed E-state index contributed by atoms with van der Waals surface area (Å²) in [4.78, 5) is 25.0. The van der Waals surface area contributed by atoms with Gasteiger partial charge in [0, 0.05) is 24.8 Å². The van der Waals surface area contributed by atoms with Crippen LogP contribution in [0.3, 0.4) is 0 Å². The average Bonchev–Trinajstić information content (AvgIpc) is 3.20. The Morgan fingerprint density at radius 1 is 0.968 bits per heavy atom. The van der Waals surface area contributed by atoms with E-state index in [-0.39, 0.29) is 30.6 Å². The summed E-state index contributed by atoms with van der Waals surface area (Å²) in [5.41, 5.74) is 0.334. The quantitative estimate of drug-likeness (QED) is 0.460. The highest BCUT2D eigenvalue weighted by Crippen LogP contribution is 2.30. The molecule has 4 aromatic rings. The standard InChI is InChI=1S/C22H17F4N3O2/c23-15-8-9-17-19(13-15)29(21(31)18-6-2-10-28(17)18)11-3-7-20(30)27-16-5-1-4-14(12-16)22(24,25)26/h1-2,4-6,8-10,12-13H,3,7,11H2,(H,27,30). The summed E-state index contributed by atoms with van der Waals surface area (Å²) in [7, 11) is 0. The van der Waals surface area contributed by atoms with Gasteiger partial charge in [0.2, 0.25) is 5.91 Å². The number of alkyl halides is 3. The second-order valence-electron chi connectivity index (χ2n) is 7.08. The number of nitrogens with zero attached hydrogens (tertiary/aromatic N) is 2. The van der Waals surface area contributed by atoms with E-state index in [2.05, 4.69) is 5.32 Å². The molecule has 0 aliphatic heterocycles. The molecule has 0 aliphatic rings. The number of aryl methyl sites for hydroxylation is 1. The van der Waals surface area contributed by atoms with Gasteiger partial charge in [0.1, 0.15) is 11.3 Å². The van der Waals surface area contributed by atoms with Gasteiger partial charge in [-0.05, 0) is 55.0 Å². The minimum Gasteiger partial charge on any atom is -0.326 e. The number of fused-ring (bicyclic) bond motifs is 3. The highest BCUT2D eigenvalue weighted by molar-refractivity contribution is 5.90. The van der Waals surface area contributed by atoms with E-state index < -0.39 is 23.5 Å². The van der Waals surface area contributed by atoms with Crippen LogP contribution in [0.1, 0.15) is 18.4 Å². The fourth-order valence-corrected chi connectivity index (χ4v) is 3.55. The van der Waals surface area contributed by atoms with Gasteiger partial charge in [0.15, 0.2) is 0 Å². The maximum atomic E-state index is 13.8. The van der Waals surface area contributed by atoms with Gasteiger partial charge in [-0.1, -0.05) is 6.07 Å². The van der Waals surface area contributed by atoms with Crippen LogP contribution in [0.5, 0.6) is 0 Å². The fourth-order valence-electron chi connectivity index (χ4n) is 3.55. The third-order valence-corrected chi connectivity index (χ3v) is 4.96. The Balaban J connectivity index is 1.51. The van der Waals surface area contributed by atoms with Crippen LogP contribution < -0.4 is 10.9 Å². The number of anilines is 1.